The molecule has 1 amide bonds. The third-order valence-electron chi connectivity index (χ3n) is 5.78. The van der Waals surface area contributed by atoms with E-state index in [-0.39, 0.29) is 5.91 Å². The van der Waals surface area contributed by atoms with Crippen LogP contribution in [0.4, 0.5) is 5.69 Å². The first kappa shape index (κ1) is 24.0. The maximum absolute atomic E-state index is 12.5. The number of aliphatic imine (C=N–C) groups is 1. The third-order valence-corrected chi connectivity index (χ3v) is 6.93. The van der Waals surface area contributed by atoms with Crippen LogP contribution in [0.15, 0.2) is 88.8 Å². The van der Waals surface area contributed by atoms with Crippen LogP contribution >= 0.6 is 23.4 Å². The van der Waals surface area contributed by atoms with Gasteiger partial charge in [-0.1, -0.05) is 60.1 Å². The van der Waals surface area contributed by atoms with Crippen molar-refractivity contribution in [3.8, 4) is 11.5 Å². The van der Waals surface area contributed by atoms with Gasteiger partial charge in [0.25, 0.3) is 5.91 Å². The van der Waals surface area contributed by atoms with E-state index in [0.717, 1.165) is 27.8 Å². The predicted octanol–water partition coefficient (Wildman–Crippen LogP) is 7.28. The van der Waals surface area contributed by atoms with Crippen molar-refractivity contribution >= 4 is 57.0 Å². The van der Waals surface area contributed by atoms with Gasteiger partial charge in [0, 0.05) is 5.02 Å². The zero-order valence-electron chi connectivity index (χ0n) is 19.7. The summed E-state index contributed by atoms with van der Waals surface area (Å²) in [6.07, 6.45) is 1.81. The Kier molecular flexibility index (Phi) is 6.98. The van der Waals surface area contributed by atoms with Gasteiger partial charge in [-0.25, -0.2) is 4.99 Å². The molecule has 180 valence electrons. The zero-order chi connectivity index (χ0) is 25.1. The lowest BCUT2D eigenvalue weighted by atomic mass is 10.1. The first-order chi connectivity index (χ1) is 17.5. The predicted molar refractivity (Wildman–Crippen MR) is 148 cm³/mol. The zero-order valence-corrected chi connectivity index (χ0v) is 21.3. The highest BCUT2D eigenvalue weighted by atomic mass is 35.5. The van der Waals surface area contributed by atoms with Crippen LogP contribution in [-0.2, 0) is 11.4 Å². The summed E-state index contributed by atoms with van der Waals surface area (Å²) in [4.78, 5) is 17.7. The molecular formula is C29H23ClN2O3S. The Morgan fingerprint density at radius 1 is 1.00 bits per heavy atom. The van der Waals surface area contributed by atoms with Gasteiger partial charge in [0.15, 0.2) is 16.7 Å². The van der Waals surface area contributed by atoms with E-state index in [9.17, 15) is 4.79 Å². The number of ether oxygens (including phenoxy) is 2. The van der Waals surface area contributed by atoms with E-state index in [2.05, 4.69) is 34.6 Å². The summed E-state index contributed by atoms with van der Waals surface area (Å²) < 4.78 is 11.7. The molecule has 1 heterocycles. The number of hydrogen-bond donors (Lipinski definition) is 1. The second-order valence-electron chi connectivity index (χ2n) is 8.25. The SMILES string of the molecule is COc1cc(/C=C2\SC(=Nc3ccc(Cl)cc3C)NC2=O)ccc1OCc1cccc2ccccc12. The molecule has 4 aromatic carbocycles. The molecule has 5 rings (SSSR count). The van der Waals surface area contributed by atoms with Crippen molar-refractivity contribution < 1.29 is 14.3 Å². The van der Waals surface area contributed by atoms with Crippen LogP contribution in [0.1, 0.15) is 16.7 Å². The van der Waals surface area contributed by atoms with E-state index in [1.165, 1.54) is 17.1 Å². The van der Waals surface area contributed by atoms with Gasteiger partial charge in [0.1, 0.15) is 6.61 Å². The standard InChI is InChI=1S/C29H23ClN2O3S/c1-18-14-22(30)11-12-24(18)31-29-32-28(33)27(36-29)16-19-10-13-25(26(15-19)34-2)35-17-21-8-5-7-20-6-3-4-9-23(20)21/h3-16H,17H2,1-2H3,(H,31,32,33)/b27-16-. The molecule has 1 aliphatic heterocycles. The number of amidine groups is 1. The Hall–Kier alpha value is -3.74. The smallest absolute Gasteiger partial charge is 0.264 e. The van der Waals surface area contributed by atoms with Crippen LogP contribution in [0.25, 0.3) is 16.8 Å². The van der Waals surface area contributed by atoms with Crippen molar-refractivity contribution in [2.24, 2.45) is 4.99 Å². The van der Waals surface area contributed by atoms with Crippen LogP contribution in [-0.4, -0.2) is 18.2 Å². The lowest BCUT2D eigenvalue weighted by Gasteiger charge is -2.13. The Morgan fingerprint density at radius 2 is 1.83 bits per heavy atom. The molecule has 0 aliphatic carbocycles. The van der Waals surface area contributed by atoms with Crippen LogP contribution < -0.4 is 14.8 Å². The number of nitrogens with zero attached hydrogens (tertiary/aromatic N) is 1. The molecule has 7 heteroatoms. The highest BCUT2D eigenvalue weighted by Gasteiger charge is 2.24. The van der Waals surface area contributed by atoms with Crippen molar-refractivity contribution in [1.82, 2.24) is 5.32 Å². The number of fused-ring (bicyclic) bond motifs is 1. The largest absolute Gasteiger partial charge is 0.493 e. The molecule has 1 fully saturated rings. The van der Waals surface area contributed by atoms with E-state index < -0.39 is 0 Å². The van der Waals surface area contributed by atoms with Crippen LogP contribution in [0.2, 0.25) is 5.02 Å². The van der Waals surface area contributed by atoms with Crippen LogP contribution in [0.3, 0.4) is 0 Å². The maximum Gasteiger partial charge on any atom is 0.264 e. The van der Waals surface area contributed by atoms with Crippen LogP contribution in [0, 0.1) is 6.92 Å². The quantitative estimate of drug-likeness (QED) is 0.275. The van der Waals surface area contributed by atoms with E-state index >= 15 is 0 Å². The number of nitrogens with one attached hydrogen (secondary N) is 1. The summed E-state index contributed by atoms with van der Waals surface area (Å²) in [5, 5.41) is 6.34. The number of halogens is 1. The summed E-state index contributed by atoms with van der Waals surface area (Å²) in [6.45, 7) is 2.35. The molecule has 0 spiro atoms. The van der Waals surface area contributed by atoms with Gasteiger partial charge >= 0.3 is 0 Å². The molecule has 0 aromatic heterocycles. The molecular weight excluding hydrogens is 492 g/mol. The normalized spacial score (nSPS) is 15.5. The first-order valence-corrected chi connectivity index (χ1v) is 12.5. The lowest BCUT2D eigenvalue weighted by Crippen LogP contribution is -2.19. The Balaban J connectivity index is 1.33. The van der Waals surface area contributed by atoms with Crippen LogP contribution in [0.5, 0.6) is 11.5 Å². The minimum atomic E-state index is -0.194. The highest BCUT2D eigenvalue weighted by molar-refractivity contribution is 8.18. The second kappa shape index (κ2) is 10.5. The average Bonchev–Trinajstić information content (AvgIpc) is 3.23. The molecule has 0 unspecified atom stereocenters. The summed E-state index contributed by atoms with van der Waals surface area (Å²) in [7, 11) is 1.60. The number of thioether (sulfide) groups is 1. The minimum Gasteiger partial charge on any atom is -0.493 e. The van der Waals surface area contributed by atoms with Gasteiger partial charge in [-0.05, 0) is 82.6 Å². The van der Waals surface area contributed by atoms with Gasteiger partial charge < -0.3 is 14.8 Å². The topological polar surface area (TPSA) is 59.9 Å². The Morgan fingerprint density at radius 3 is 2.67 bits per heavy atom. The second-order valence-corrected chi connectivity index (χ2v) is 9.72. The van der Waals surface area contributed by atoms with Crippen molar-refractivity contribution in [2.75, 3.05) is 7.11 Å². The Bertz CT molecular complexity index is 1530. The number of rotatable bonds is 6. The fraction of sp³-hybridized carbons (Fsp3) is 0.103. The number of hydrogen-bond acceptors (Lipinski definition) is 5. The number of methoxy groups -OCH3 is 1. The molecule has 1 N–H and O–H groups in total. The van der Waals surface area contributed by atoms with Gasteiger partial charge in [0.2, 0.25) is 0 Å². The molecule has 0 radical (unpaired) electrons. The van der Waals surface area contributed by atoms with E-state index in [1.54, 1.807) is 13.2 Å². The molecule has 1 aliphatic rings. The molecule has 0 bridgehead atoms. The average molecular weight is 515 g/mol. The van der Waals surface area contributed by atoms with Crippen molar-refractivity contribution in [1.29, 1.82) is 0 Å². The van der Waals surface area contributed by atoms with E-state index in [0.29, 0.717) is 33.2 Å². The third kappa shape index (κ3) is 5.25. The fourth-order valence-electron chi connectivity index (χ4n) is 3.95. The molecule has 1 saturated heterocycles. The number of carbonyl (C=O) groups is 1. The van der Waals surface area contributed by atoms with Crippen molar-refractivity contribution in [3.05, 3.63) is 105 Å². The van der Waals surface area contributed by atoms with Crippen molar-refractivity contribution in [2.45, 2.75) is 13.5 Å². The Labute approximate surface area is 218 Å². The fourth-order valence-corrected chi connectivity index (χ4v) is 5.01. The molecule has 0 saturated carbocycles. The highest BCUT2D eigenvalue weighted by Crippen LogP contribution is 2.33. The summed E-state index contributed by atoms with van der Waals surface area (Å²) in [5.41, 5.74) is 3.62. The minimum absolute atomic E-state index is 0.194. The van der Waals surface area contributed by atoms with E-state index in [4.69, 9.17) is 21.1 Å². The number of aryl methyl sites for hydroxylation is 1. The van der Waals surface area contributed by atoms with Gasteiger partial charge in [-0.15, -0.1) is 0 Å². The number of amides is 1. The van der Waals surface area contributed by atoms with Gasteiger partial charge in [-0.3, -0.25) is 4.79 Å². The molecule has 4 aromatic rings. The summed E-state index contributed by atoms with van der Waals surface area (Å²) >= 11 is 7.32. The van der Waals surface area contributed by atoms with Gasteiger partial charge in [-0.2, -0.15) is 0 Å². The molecule has 0 atom stereocenters. The molecule has 5 nitrogen and oxygen atoms in total. The first-order valence-electron chi connectivity index (χ1n) is 11.3. The van der Waals surface area contributed by atoms with Crippen molar-refractivity contribution in [3.63, 3.8) is 0 Å². The van der Waals surface area contributed by atoms with Gasteiger partial charge in [0.05, 0.1) is 17.7 Å². The van der Waals surface area contributed by atoms with E-state index in [1.807, 2.05) is 61.5 Å². The maximum atomic E-state index is 12.5. The summed E-state index contributed by atoms with van der Waals surface area (Å²) in [5.74, 6) is 1.04. The lowest BCUT2D eigenvalue weighted by molar-refractivity contribution is -0.115. The monoisotopic (exact) mass is 514 g/mol. The summed E-state index contributed by atoms with van der Waals surface area (Å²) in [6, 6.07) is 25.5. The molecule has 36 heavy (non-hydrogen) atoms. The number of benzene rings is 4. The number of carbonyl (C=O) groups excluding carboxylic acids is 1.